The monoisotopic (exact) mass is 375 g/mol. The van der Waals surface area contributed by atoms with E-state index in [0.29, 0.717) is 21.1 Å². The normalized spacial score (nSPS) is 10.3. The zero-order valence-corrected chi connectivity index (χ0v) is 13.1. The smallest absolute Gasteiger partial charge is 0.311 e. The predicted molar refractivity (Wildman–Crippen MR) is 82.3 cm³/mol. The molecule has 0 aromatic heterocycles. The van der Waals surface area contributed by atoms with Crippen molar-refractivity contribution >= 4 is 44.8 Å². The number of benzene rings is 2. The molecular formula is C13H8BrCl2NO3. The van der Waals surface area contributed by atoms with Crippen LogP contribution in [0, 0.1) is 10.1 Å². The molecule has 0 aliphatic rings. The summed E-state index contributed by atoms with van der Waals surface area (Å²) in [6.07, 6.45) is 0. The second-order valence-electron chi connectivity index (χ2n) is 3.87. The van der Waals surface area contributed by atoms with Crippen LogP contribution in [0.4, 0.5) is 5.69 Å². The van der Waals surface area contributed by atoms with E-state index in [1.54, 1.807) is 24.3 Å². The van der Waals surface area contributed by atoms with E-state index < -0.39 is 4.92 Å². The Labute approximate surface area is 133 Å². The van der Waals surface area contributed by atoms with Crippen molar-refractivity contribution in [3.63, 3.8) is 0 Å². The van der Waals surface area contributed by atoms with E-state index in [1.807, 2.05) is 0 Å². The van der Waals surface area contributed by atoms with Crippen LogP contribution in [0.2, 0.25) is 10.0 Å². The minimum Gasteiger partial charge on any atom is -0.450 e. The summed E-state index contributed by atoms with van der Waals surface area (Å²) in [6, 6.07) is 9.42. The van der Waals surface area contributed by atoms with E-state index in [4.69, 9.17) is 27.9 Å². The van der Waals surface area contributed by atoms with Gasteiger partial charge in [0.2, 0.25) is 5.75 Å². The average Bonchev–Trinajstić information content (AvgIpc) is 2.43. The summed E-state index contributed by atoms with van der Waals surface area (Å²) in [4.78, 5) is 10.6. The molecule has 0 N–H and O–H groups in total. The van der Waals surface area contributed by atoms with Crippen molar-refractivity contribution in [1.29, 1.82) is 0 Å². The molecule has 0 aliphatic carbocycles. The van der Waals surface area contributed by atoms with Gasteiger partial charge in [-0.1, -0.05) is 45.2 Å². The van der Waals surface area contributed by atoms with Gasteiger partial charge in [0.15, 0.2) is 0 Å². The van der Waals surface area contributed by atoms with Crippen LogP contribution < -0.4 is 4.74 Å². The zero-order valence-electron chi connectivity index (χ0n) is 9.98. The summed E-state index contributed by atoms with van der Waals surface area (Å²) >= 11 is 14.9. The molecule has 20 heavy (non-hydrogen) atoms. The Bertz CT molecular complexity index is 664. The molecule has 0 aliphatic heterocycles. The fourth-order valence-corrected chi connectivity index (χ4v) is 2.18. The third-order valence-corrected chi connectivity index (χ3v) is 3.88. The van der Waals surface area contributed by atoms with Gasteiger partial charge in [0, 0.05) is 17.5 Å². The van der Waals surface area contributed by atoms with Gasteiger partial charge in [-0.05, 0) is 23.8 Å². The highest BCUT2D eigenvalue weighted by Crippen LogP contribution is 2.35. The quantitative estimate of drug-likeness (QED) is 0.397. The molecule has 0 spiro atoms. The third kappa shape index (κ3) is 3.42. The van der Waals surface area contributed by atoms with Gasteiger partial charge in [-0.25, -0.2) is 0 Å². The summed E-state index contributed by atoms with van der Waals surface area (Å²) in [7, 11) is 0. The number of hydrogen-bond donors (Lipinski definition) is 0. The van der Waals surface area contributed by atoms with Gasteiger partial charge in [-0.3, -0.25) is 10.1 Å². The van der Waals surface area contributed by atoms with E-state index >= 15 is 0 Å². The molecule has 0 radical (unpaired) electrons. The van der Waals surface area contributed by atoms with Gasteiger partial charge in [0.1, 0.15) is 5.75 Å². The van der Waals surface area contributed by atoms with Crippen LogP contribution in [0.1, 0.15) is 5.56 Å². The van der Waals surface area contributed by atoms with Crippen molar-refractivity contribution in [2.45, 2.75) is 5.33 Å². The molecule has 104 valence electrons. The van der Waals surface area contributed by atoms with E-state index in [9.17, 15) is 10.1 Å². The molecule has 7 heteroatoms. The zero-order chi connectivity index (χ0) is 14.7. The van der Waals surface area contributed by atoms with E-state index in [2.05, 4.69) is 15.9 Å². The molecular weight excluding hydrogens is 369 g/mol. The van der Waals surface area contributed by atoms with Crippen LogP contribution >= 0.6 is 39.1 Å². The predicted octanol–water partition coefficient (Wildman–Crippen LogP) is 5.59. The SMILES string of the molecule is O=[N+]([O-])c1cc(CBr)ccc1Oc1ccc(Cl)c(Cl)c1. The Hall–Kier alpha value is -1.30. The number of ether oxygens (including phenoxy) is 1. The lowest BCUT2D eigenvalue weighted by Crippen LogP contribution is -1.94. The Morgan fingerprint density at radius 1 is 1.15 bits per heavy atom. The number of hydrogen-bond acceptors (Lipinski definition) is 3. The summed E-state index contributed by atoms with van der Waals surface area (Å²) in [5.41, 5.74) is 0.686. The van der Waals surface area contributed by atoms with Crippen molar-refractivity contribution in [1.82, 2.24) is 0 Å². The minimum atomic E-state index is -0.487. The van der Waals surface area contributed by atoms with Gasteiger partial charge >= 0.3 is 5.69 Å². The van der Waals surface area contributed by atoms with Crippen molar-refractivity contribution in [2.24, 2.45) is 0 Å². The van der Waals surface area contributed by atoms with Crippen LogP contribution in [0.25, 0.3) is 0 Å². The molecule has 4 nitrogen and oxygen atoms in total. The molecule has 2 rings (SSSR count). The fraction of sp³-hybridized carbons (Fsp3) is 0.0769. The highest BCUT2D eigenvalue weighted by atomic mass is 79.9. The Morgan fingerprint density at radius 2 is 1.90 bits per heavy atom. The average molecular weight is 377 g/mol. The molecule has 0 heterocycles. The number of nitro benzene ring substituents is 1. The first-order chi connectivity index (χ1) is 9.51. The third-order valence-electron chi connectivity index (χ3n) is 2.49. The molecule has 0 amide bonds. The first kappa shape index (κ1) is 15.1. The Kier molecular flexibility index (Phi) is 4.86. The van der Waals surface area contributed by atoms with E-state index in [1.165, 1.54) is 12.1 Å². The lowest BCUT2D eigenvalue weighted by molar-refractivity contribution is -0.385. The Morgan fingerprint density at radius 3 is 2.50 bits per heavy atom. The lowest BCUT2D eigenvalue weighted by atomic mass is 10.2. The summed E-state index contributed by atoms with van der Waals surface area (Å²) < 4.78 is 5.51. The summed E-state index contributed by atoms with van der Waals surface area (Å²) in [5.74, 6) is 0.534. The highest BCUT2D eigenvalue weighted by molar-refractivity contribution is 9.08. The fourth-order valence-electron chi connectivity index (χ4n) is 1.54. The van der Waals surface area contributed by atoms with Crippen molar-refractivity contribution in [3.05, 3.63) is 62.1 Å². The molecule has 0 bridgehead atoms. The maximum absolute atomic E-state index is 11.1. The number of rotatable bonds is 4. The first-order valence-corrected chi connectivity index (χ1v) is 7.35. The van der Waals surface area contributed by atoms with E-state index in [0.717, 1.165) is 5.56 Å². The van der Waals surface area contributed by atoms with Crippen LogP contribution in [0.5, 0.6) is 11.5 Å². The van der Waals surface area contributed by atoms with Gasteiger partial charge < -0.3 is 4.74 Å². The molecule has 0 unspecified atom stereocenters. The van der Waals surface area contributed by atoms with Gasteiger partial charge in [-0.2, -0.15) is 0 Å². The standard InChI is InChI=1S/C13H8BrCl2NO3/c14-7-8-1-4-13(12(5-8)17(18)19)20-9-2-3-10(15)11(16)6-9/h1-6H,7H2. The second-order valence-corrected chi connectivity index (χ2v) is 5.25. The van der Waals surface area contributed by atoms with Crippen molar-refractivity contribution in [2.75, 3.05) is 0 Å². The van der Waals surface area contributed by atoms with Crippen molar-refractivity contribution < 1.29 is 9.66 Å². The van der Waals surface area contributed by atoms with Crippen LogP contribution in [-0.2, 0) is 5.33 Å². The van der Waals surface area contributed by atoms with E-state index in [-0.39, 0.29) is 11.4 Å². The van der Waals surface area contributed by atoms with Crippen LogP contribution in [0.15, 0.2) is 36.4 Å². The highest BCUT2D eigenvalue weighted by Gasteiger charge is 2.16. The van der Waals surface area contributed by atoms with Gasteiger partial charge in [-0.15, -0.1) is 0 Å². The van der Waals surface area contributed by atoms with Crippen LogP contribution in [-0.4, -0.2) is 4.92 Å². The number of halogens is 3. The molecule has 2 aromatic carbocycles. The molecule has 0 fully saturated rings. The molecule has 0 atom stereocenters. The molecule has 2 aromatic rings. The lowest BCUT2D eigenvalue weighted by Gasteiger charge is -2.08. The maximum atomic E-state index is 11.1. The second kappa shape index (κ2) is 6.43. The van der Waals surface area contributed by atoms with Gasteiger partial charge in [0.25, 0.3) is 0 Å². The minimum absolute atomic E-state index is 0.104. The molecule has 0 saturated carbocycles. The largest absolute Gasteiger partial charge is 0.450 e. The molecule has 0 saturated heterocycles. The number of nitro groups is 1. The van der Waals surface area contributed by atoms with Crippen molar-refractivity contribution in [3.8, 4) is 11.5 Å². The topological polar surface area (TPSA) is 52.4 Å². The van der Waals surface area contributed by atoms with Crippen LogP contribution in [0.3, 0.4) is 0 Å². The number of nitrogens with zero attached hydrogens (tertiary/aromatic N) is 1. The summed E-state index contributed by atoms with van der Waals surface area (Å²) in [5, 5.41) is 12.3. The maximum Gasteiger partial charge on any atom is 0.311 e. The number of alkyl halides is 1. The first-order valence-electron chi connectivity index (χ1n) is 5.47. The summed E-state index contributed by atoms with van der Waals surface area (Å²) in [6.45, 7) is 0. The van der Waals surface area contributed by atoms with Gasteiger partial charge in [0.05, 0.1) is 15.0 Å². The Balaban J connectivity index is 2.37.